The summed E-state index contributed by atoms with van der Waals surface area (Å²) >= 11 is 1.60. The van der Waals surface area contributed by atoms with Crippen molar-refractivity contribution in [3.8, 4) is 0 Å². The molecule has 6 nitrogen and oxygen atoms in total. The first-order chi connectivity index (χ1) is 11.1. The van der Waals surface area contributed by atoms with E-state index < -0.39 is 0 Å². The Hall–Kier alpha value is -1.86. The SMILES string of the molecule is Cc1[nH]ncc1C1Sc2c(nc(C3CC=CCN3)[nH]c2=O)C1C. The van der Waals surface area contributed by atoms with Gasteiger partial charge in [-0.05, 0) is 13.3 Å². The van der Waals surface area contributed by atoms with Gasteiger partial charge in [-0.3, -0.25) is 9.89 Å². The molecule has 0 bridgehead atoms. The molecule has 0 saturated heterocycles. The molecule has 4 heterocycles. The van der Waals surface area contributed by atoms with Crippen molar-refractivity contribution in [1.82, 2.24) is 25.5 Å². The van der Waals surface area contributed by atoms with Crippen LogP contribution in [0, 0.1) is 6.92 Å². The first-order valence-electron chi connectivity index (χ1n) is 7.84. The second-order valence-corrected chi connectivity index (χ2v) is 7.26. The molecule has 0 spiro atoms. The molecule has 0 aliphatic carbocycles. The number of aromatic nitrogens is 4. The minimum absolute atomic E-state index is 0.0261. The van der Waals surface area contributed by atoms with E-state index in [-0.39, 0.29) is 22.8 Å². The molecule has 120 valence electrons. The summed E-state index contributed by atoms with van der Waals surface area (Å²) in [5.41, 5.74) is 3.09. The van der Waals surface area contributed by atoms with Crippen molar-refractivity contribution in [2.24, 2.45) is 0 Å². The lowest BCUT2D eigenvalue weighted by molar-refractivity contribution is 0.516. The summed E-state index contributed by atoms with van der Waals surface area (Å²) in [6.07, 6.45) is 6.94. The Morgan fingerprint density at radius 3 is 2.91 bits per heavy atom. The van der Waals surface area contributed by atoms with E-state index in [1.165, 1.54) is 0 Å². The molecule has 0 amide bonds. The zero-order chi connectivity index (χ0) is 16.0. The lowest BCUT2D eigenvalue weighted by Gasteiger charge is -2.19. The monoisotopic (exact) mass is 329 g/mol. The van der Waals surface area contributed by atoms with Gasteiger partial charge in [0, 0.05) is 29.0 Å². The van der Waals surface area contributed by atoms with Crippen LogP contribution in [0.1, 0.15) is 53.3 Å². The van der Waals surface area contributed by atoms with Gasteiger partial charge in [0.15, 0.2) is 0 Å². The highest BCUT2D eigenvalue weighted by molar-refractivity contribution is 8.00. The van der Waals surface area contributed by atoms with Crippen LogP contribution in [0.25, 0.3) is 0 Å². The van der Waals surface area contributed by atoms with Crippen molar-refractivity contribution in [2.75, 3.05) is 6.54 Å². The molecule has 2 aromatic rings. The predicted molar refractivity (Wildman–Crippen MR) is 89.7 cm³/mol. The van der Waals surface area contributed by atoms with Crippen LogP contribution in [-0.2, 0) is 0 Å². The smallest absolute Gasteiger partial charge is 0.264 e. The fraction of sp³-hybridized carbons (Fsp3) is 0.438. The fourth-order valence-electron chi connectivity index (χ4n) is 3.26. The molecule has 7 heteroatoms. The highest BCUT2D eigenvalue weighted by Crippen LogP contribution is 2.52. The average molecular weight is 329 g/mol. The maximum Gasteiger partial charge on any atom is 0.264 e. The number of aromatic amines is 2. The third kappa shape index (κ3) is 2.44. The number of thioether (sulfide) groups is 1. The van der Waals surface area contributed by atoms with Crippen molar-refractivity contribution < 1.29 is 0 Å². The van der Waals surface area contributed by atoms with Crippen molar-refractivity contribution >= 4 is 11.8 Å². The minimum Gasteiger partial charge on any atom is -0.308 e. The molecule has 3 atom stereocenters. The molecule has 2 aliphatic heterocycles. The number of hydrogen-bond acceptors (Lipinski definition) is 5. The Kier molecular flexibility index (Phi) is 3.61. The minimum atomic E-state index is -0.0261. The summed E-state index contributed by atoms with van der Waals surface area (Å²) in [5.74, 6) is 0.932. The molecular formula is C16H19N5OS. The third-order valence-corrected chi connectivity index (χ3v) is 6.12. The van der Waals surface area contributed by atoms with Gasteiger partial charge < -0.3 is 10.3 Å². The molecule has 2 aromatic heterocycles. The van der Waals surface area contributed by atoms with Crippen LogP contribution in [-0.4, -0.2) is 26.7 Å². The number of aryl methyl sites for hydroxylation is 1. The lowest BCUT2D eigenvalue weighted by atomic mass is 9.98. The molecule has 23 heavy (non-hydrogen) atoms. The molecule has 2 aliphatic rings. The highest BCUT2D eigenvalue weighted by atomic mass is 32.2. The topological polar surface area (TPSA) is 86.5 Å². The summed E-state index contributed by atoms with van der Waals surface area (Å²) in [6.45, 7) is 4.97. The number of H-pyrrole nitrogens is 2. The Balaban J connectivity index is 1.72. The predicted octanol–water partition coefficient (Wildman–Crippen LogP) is 2.34. The van der Waals surface area contributed by atoms with Gasteiger partial charge in [0.05, 0.1) is 22.8 Å². The van der Waals surface area contributed by atoms with E-state index in [1.807, 2.05) is 13.1 Å². The van der Waals surface area contributed by atoms with Crippen molar-refractivity contribution in [2.45, 2.75) is 42.4 Å². The van der Waals surface area contributed by atoms with Crippen molar-refractivity contribution in [1.29, 1.82) is 0 Å². The van der Waals surface area contributed by atoms with Crippen molar-refractivity contribution in [3.63, 3.8) is 0 Å². The van der Waals surface area contributed by atoms with Gasteiger partial charge in [0.2, 0.25) is 0 Å². The molecule has 0 aromatic carbocycles. The van der Waals surface area contributed by atoms with Crippen LogP contribution >= 0.6 is 11.8 Å². The summed E-state index contributed by atoms with van der Waals surface area (Å²) in [5, 5.41) is 10.7. The van der Waals surface area contributed by atoms with Gasteiger partial charge in [-0.25, -0.2) is 4.98 Å². The van der Waals surface area contributed by atoms with Gasteiger partial charge in [0.1, 0.15) is 5.82 Å². The Morgan fingerprint density at radius 2 is 2.22 bits per heavy atom. The molecule has 3 N–H and O–H groups in total. The van der Waals surface area contributed by atoms with Crippen LogP contribution in [0.3, 0.4) is 0 Å². The van der Waals surface area contributed by atoms with Crippen LogP contribution in [0.15, 0.2) is 28.0 Å². The molecule has 0 radical (unpaired) electrons. The molecule has 4 rings (SSSR count). The standard InChI is InChI=1S/C16H19N5OS/c1-8-12-14(23-13(8)10-7-18-21-9(10)2)16(22)20-15(19-12)11-5-3-4-6-17-11/h3-4,7-8,11,13,17H,5-6H2,1-2H3,(H,18,21)(H,19,20,22). The highest BCUT2D eigenvalue weighted by Gasteiger charge is 2.36. The van der Waals surface area contributed by atoms with E-state index in [9.17, 15) is 4.79 Å². The molecule has 0 saturated carbocycles. The fourth-order valence-corrected chi connectivity index (χ4v) is 4.72. The van der Waals surface area contributed by atoms with Crippen LogP contribution < -0.4 is 10.9 Å². The Morgan fingerprint density at radius 1 is 1.35 bits per heavy atom. The van der Waals surface area contributed by atoms with Gasteiger partial charge >= 0.3 is 0 Å². The van der Waals surface area contributed by atoms with E-state index in [1.54, 1.807) is 11.8 Å². The average Bonchev–Trinajstić information content (AvgIpc) is 3.12. The first-order valence-corrected chi connectivity index (χ1v) is 8.72. The zero-order valence-corrected chi connectivity index (χ0v) is 13.9. The van der Waals surface area contributed by atoms with Gasteiger partial charge in [-0.1, -0.05) is 19.1 Å². The van der Waals surface area contributed by atoms with E-state index in [0.717, 1.165) is 40.6 Å². The third-order valence-electron chi connectivity index (χ3n) is 4.58. The number of hydrogen-bond donors (Lipinski definition) is 3. The number of fused-ring (bicyclic) bond motifs is 1. The number of nitrogens with zero attached hydrogens (tertiary/aromatic N) is 2. The maximum absolute atomic E-state index is 12.5. The molecule has 3 unspecified atom stereocenters. The summed E-state index contributed by atoms with van der Waals surface area (Å²) in [4.78, 5) is 21.1. The van der Waals surface area contributed by atoms with Gasteiger partial charge in [-0.2, -0.15) is 5.10 Å². The normalized spacial score (nSPS) is 26.4. The van der Waals surface area contributed by atoms with Gasteiger partial charge in [-0.15, -0.1) is 11.8 Å². The maximum atomic E-state index is 12.5. The van der Waals surface area contributed by atoms with E-state index >= 15 is 0 Å². The Bertz CT molecular complexity index is 824. The van der Waals surface area contributed by atoms with Gasteiger partial charge in [0.25, 0.3) is 5.56 Å². The summed E-state index contributed by atoms with van der Waals surface area (Å²) in [6, 6.07) is 0.0879. The van der Waals surface area contributed by atoms with Crippen LogP contribution in [0.2, 0.25) is 0 Å². The molecular weight excluding hydrogens is 310 g/mol. The number of rotatable bonds is 2. The van der Waals surface area contributed by atoms with Crippen LogP contribution in [0.5, 0.6) is 0 Å². The first kappa shape index (κ1) is 14.7. The van der Waals surface area contributed by atoms with Crippen molar-refractivity contribution in [3.05, 3.63) is 51.5 Å². The van der Waals surface area contributed by atoms with Crippen LogP contribution in [0.4, 0.5) is 0 Å². The molecule has 0 fully saturated rings. The lowest BCUT2D eigenvalue weighted by Crippen LogP contribution is -2.28. The quantitative estimate of drug-likeness (QED) is 0.736. The zero-order valence-electron chi connectivity index (χ0n) is 13.1. The summed E-state index contributed by atoms with van der Waals surface area (Å²) < 4.78 is 0. The van der Waals surface area contributed by atoms with E-state index in [4.69, 9.17) is 4.98 Å². The Labute approximate surface area is 138 Å². The second kappa shape index (κ2) is 5.65. The second-order valence-electron chi connectivity index (χ2n) is 6.11. The van der Waals surface area contributed by atoms with E-state index in [2.05, 4.69) is 39.6 Å². The summed E-state index contributed by atoms with van der Waals surface area (Å²) in [7, 11) is 0. The largest absolute Gasteiger partial charge is 0.308 e. The van der Waals surface area contributed by atoms with E-state index in [0.29, 0.717) is 0 Å². The number of nitrogens with one attached hydrogen (secondary N) is 3.